The third kappa shape index (κ3) is 4.74. The number of para-hydroxylation sites is 2. The van der Waals surface area contributed by atoms with Crippen LogP contribution < -0.4 is 25.2 Å². The van der Waals surface area contributed by atoms with Crippen LogP contribution in [0.5, 0.6) is 11.5 Å². The summed E-state index contributed by atoms with van der Waals surface area (Å²) in [5.41, 5.74) is 3.53. The Morgan fingerprint density at radius 2 is 1.68 bits per heavy atom. The molecule has 3 heterocycles. The van der Waals surface area contributed by atoms with Gasteiger partial charge in [-0.15, -0.1) is 0 Å². The number of benzene rings is 3. The van der Waals surface area contributed by atoms with E-state index in [2.05, 4.69) is 5.32 Å². The van der Waals surface area contributed by atoms with Crippen molar-refractivity contribution in [3.05, 3.63) is 94.3 Å². The van der Waals surface area contributed by atoms with Crippen LogP contribution >= 0.6 is 0 Å². The monoisotopic (exact) mass is 496 g/mol. The smallest absolute Gasteiger partial charge is 0.294 e. The van der Waals surface area contributed by atoms with Gasteiger partial charge in [-0.2, -0.15) is 0 Å². The number of anilines is 1. The predicted molar refractivity (Wildman–Crippen MR) is 141 cm³/mol. The Morgan fingerprint density at radius 3 is 2.51 bits per heavy atom. The highest BCUT2D eigenvalue weighted by Crippen LogP contribution is 2.32. The molecule has 0 spiro atoms. The third-order valence-electron chi connectivity index (χ3n) is 7.09. The van der Waals surface area contributed by atoms with E-state index >= 15 is 0 Å². The summed E-state index contributed by atoms with van der Waals surface area (Å²) in [5.74, 6) is 1.82. The van der Waals surface area contributed by atoms with Gasteiger partial charge in [0.25, 0.3) is 5.56 Å². The Kier molecular flexibility index (Phi) is 6.22. The van der Waals surface area contributed by atoms with Gasteiger partial charge in [-0.05, 0) is 48.2 Å². The fourth-order valence-electron chi connectivity index (χ4n) is 5.05. The summed E-state index contributed by atoms with van der Waals surface area (Å²) >= 11 is 0. The van der Waals surface area contributed by atoms with Crippen molar-refractivity contribution in [3.8, 4) is 11.5 Å². The lowest BCUT2D eigenvalue weighted by Gasteiger charge is -2.32. The maximum atomic E-state index is 13.6. The first-order chi connectivity index (χ1) is 18.2. The van der Waals surface area contributed by atoms with Crippen LogP contribution in [0.1, 0.15) is 24.0 Å². The van der Waals surface area contributed by atoms with Crippen LogP contribution in [-0.4, -0.2) is 35.3 Å². The first kappa shape index (κ1) is 23.1. The Labute approximate surface area is 214 Å². The molecule has 1 N–H and O–H groups in total. The van der Waals surface area contributed by atoms with Crippen LogP contribution in [0, 0.1) is 5.92 Å². The van der Waals surface area contributed by atoms with E-state index in [4.69, 9.17) is 14.5 Å². The molecule has 1 fully saturated rings. The Bertz CT molecular complexity index is 1490. The Hall–Kier alpha value is -4.33. The van der Waals surface area contributed by atoms with E-state index in [-0.39, 0.29) is 24.2 Å². The first-order valence-electron chi connectivity index (χ1n) is 12.6. The van der Waals surface area contributed by atoms with Crippen LogP contribution in [0.15, 0.2) is 77.6 Å². The topological polar surface area (TPSA) is 85.7 Å². The van der Waals surface area contributed by atoms with Crippen molar-refractivity contribution in [2.75, 3.05) is 24.8 Å². The molecule has 0 saturated carbocycles. The highest BCUT2D eigenvalue weighted by molar-refractivity contribution is 5.79. The van der Waals surface area contributed by atoms with E-state index in [1.165, 1.54) is 0 Å². The average molecular weight is 497 g/mol. The summed E-state index contributed by atoms with van der Waals surface area (Å²) in [6.07, 6.45) is 1.33. The minimum atomic E-state index is -0.103. The maximum Gasteiger partial charge on any atom is 0.294 e. The number of piperidine rings is 1. The molecular formula is C29H28N4O4. The number of rotatable bonds is 6. The Morgan fingerprint density at radius 1 is 0.919 bits per heavy atom. The number of hydrogen-bond acceptors (Lipinski definition) is 6. The summed E-state index contributed by atoms with van der Waals surface area (Å²) in [7, 11) is 0. The molecule has 0 aliphatic carbocycles. The second kappa shape index (κ2) is 9.97. The van der Waals surface area contributed by atoms with E-state index in [0.717, 1.165) is 27.9 Å². The number of fused-ring (bicyclic) bond motifs is 2. The molecule has 2 aliphatic rings. The van der Waals surface area contributed by atoms with Crippen LogP contribution in [-0.2, 0) is 17.9 Å². The SMILES string of the molecule is O=C(NCc1ccc2c(c1)OCO2)C1CCN(c2nc3ccccc3n(Cc3ccccc3)c2=O)CC1. The lowest BCUT2D eigenvalue weighted by atomic mass is 9.96. The van der Waals surface area contributed by atoms with Gasteiger partial charge in [-0.3, -0.25) is 14.2 Å². The van der Waals surface area contributed by atoms with Gasteiger partial charge in [0.1, 0.15) is 0 Å². The number of ether oxygens (including phenoxy) is 2. The largest absolute Gasteiger partial charge is 0.454 e. The molecule has 8 heteroatoms. The van der Waals surface area contributed by atoms with Gasteiger partial charge in [0.2, 0.25) is 12.7 Å². The van der Waals surface area contributed by atoms with E-state index in [1.807, 2.05) is 77.7 Å². The fraction of sp³-hybridized carbons (Fsp3) is 0.276. The van der Waals surface area contributed by atoms with Gasteiger partial charge in [-0.25, -0.2) is 4.98 Å². The lowest BCUT2D eigenvalue weighted by molar-refractivity contribution is -0.125. The molecule has 1 saturated heterocycles. The van der Waals surface area contributed by atoms with Crippen molar-refractivity contribution in [2.24, 2.45) is 5.92 Å². The predicted octanol–water partition coefficient (Wildman–Crippen LogP) is 3.71. The molecule has 0 bridgehead atoms. The summed E-state index contributed by atoms with van der Waals surface area (Å²) in [5, 5.41) is 3.05. The van der Waals surface area contributed by atoms with Crippen LogP contribution in [0.25, 0.3) is 11.0 Å². The second-order valence-electron chi connectivity index (χ2n) is 9.47. The van der Waals surface area contributed by atoms with E-state index in [0.29, 0.717) is 50.6 Å². The molecule has 8 nitrogen and oxygen atoms in total. The number of nitrogens with one attached hydrogen (secondary N) is 1. The zero-order chi connectivity index (χ0) is 25.2. The molecule has 6 rings (SSSR count). The molecule has 1 amide bonds. The second-order valence-corrected chi connectivity index (χ2v) is 9.47. The number of hydrogen-bond donors (Lipinski definition) is 1. The van der Waals surface area contributed by atoms with Crippen molar-refractivity contribution >= 4 is 22.8 Å². The molecular weight excluding hydrogens is 468 g/mol. The molecule has 0 radical (unpaired) electrons. The molecule has 188 valence electrons. The van der Waals surface area contributed by atoms with Crippen LogP contribution in [0.4, 0.5) is 5.82 Å². The van der Waals surface area contributed by atoms with Crippen molar-refractivity contribution in [1.82, 2.24) is 14.9 Å². The zero-order valence-electron chi connectivity index (χ0n) is 20.4. The Balaban J connectivity index is 1.15. The van der Waals surface area contributed by atoms with Crippen LogP contribution in [0.3, 0.4) is 0 Å². The average Bonchev–Trinajstić information content (AvgIpc) is 3.42. The summed E-state index contributed by atoms with van der Waals surface area (Å²) in [4.78, 5) is 33.3. The van der Waals surface area contributed by atoms with Crippen molar-refractivity contribution in [3.63, 3.8) is 0 Å². The summed E-state index contributed by atoms with van der Waals surface area (Å²) in [6.45, 7) is 2.36. The van der Waals surface area contributed by atoms with Gasteiger partial charge in [-0.1, -0.05) is 48.5 Å². The standard InChI is InChI=1S/C29H28N4O4/c34-28(30-17-21-10-11-25-26(16-21)37-19-36-25)22-12-14-32(15-13-22)27-29(35)33(18-20-6-2-1-3-7-20)24-9-5-4-8-23(24)31-27/h1-11,16,22H,12-15,17-19H2,(H,30,34). The van der Waals surface area contributed by atoms with Gasteiger partial charge >= 0.3 is 0 Å². The van der Waals surface area contributed by atoms with Crippen molar-refractivity contribution in [2.45, 2.75) is 25.9 Å². The summed E-state index contributed by atoms with van der Waals surface area (Å²) in [6, 6.07) is 23.4. The normalized spacial score (nSPS) is 15.2. The maximum absolute atomic E-state index is 13.6. The highest BCUT2D eigenvalue weighted by atomic mass is 16.7. The number of carbonyl (C=O) groups is 1. The first-order valence-corrected chi connectivity index (χ1v) is 12.6. The number of carbonyl (C=O) groups excluding carboxylic acids is 1. The van der Waals surface area contributed by atoms with Crippen molar-refractivity contribution < 1.29 is 14.3 Å². The molecule has 3 aromatic carbocycles. The van der Waals surface area contributed by atoms with Gasteiger partial charge in [0.15, 0.2) is 17.3 Å². The van der Waals surface area contributed by atoms with Gasteiger partial charge in [0, 0.05) is 25.6 Å². The van der Waals surface area contributed by atoms with E-state index in [9.17, 15) is 9.59 Å². The molecule has 37 heavy (non-hydrogen) atoms. The minimum Gasteiger partial charge on any atom is -0.454 e. The number of aromatic nitrogens is 2. The van der Waals surface area contributed by atoms with E-state index < -0.39 is 0 Å². The third-order valence-corrected chi connectivity index (χ3v) is 7.09. The van der Waals surface area contributed by atoms with Gasteiger partial charge in [0.05, 0.1) is 17.6 Å². The van der Waals surface area contributed by atoms with Gasteiger partial charge < -0.3 is 19.7 Å². The molecule has 0 atom stereocenters. The lowest BCUT2D eigenvalue weighted by Crippen LogP contribution is -2.43. The van der Waals surface area contributed by atoms with Crippen molar-refractivity contribution in [1.29, 1.82) is 0 Å². The molecule has 4 aromatic rings. The fourth-order valence-corrected chi connectivity index (χ4v) is 5.05. The molecule has 2 aliphatic heterocycles. The molecule has 1 aromatic heterocycles. The quantitative estimate of drug-likeness (QED) is 0.438. The van der Waals surface area contributed by atoms with Crippen LogP contribution in [0.2, 0.25) is 0 Å². The zero-order valence-corrected chi connectivity index (χ0v) is 20.4. The highest BCUT2D eigenvalue weighted by Gasteiger charge is 2.27. The number of nitrogens with zero attached hydrogens (tertiary/aromatic N) is 3. The molecule has 0 unspecified atom stereocenters. The minimum absolute atomic E-state index is 0.0327. The number of amides is 1. The van der Waals surface area contributed by atoms with E-state index in [1.54, 1.807) is 4.57 Å². The summed E-state index contributed by atoms with van der Waals surface area (Å²) < 4.78 is 12.6.